The Morgan fingerprint density at radius 2 is 1.92 bits per heavy atom. The van der Waals surface area contributed by atoms with Crippen LogP contribution >= 0.6 is 24.0 Å². The summed E-state index contributed by atoms with van der Waals surface area (Å²) < 4.78 is 0. The van der Waals surface area contributed by atoms with Crippen molar-refractivity contribution in [2.75, 3.05) is 0 Å². The van der Waals surface area contributed by atoms with Crippen LogP contribution in [0.2, 0.25) is 5.02 Å². The van der Waals surface area contributed by atoms with E-state index >= 15 is 0 Å². The number of hydrogen-bond acceptors (Lipinski definition) is 4. The van der Waals surface area contributed by atoms with Crippen molar-refractivity contribution >= 4 is 35.6 Å². The molecule has 0 aromatic heterocycles. The standard InChI is InChI=1S/C16H20ClN3O3.ClH/c17-11-4-5-14(20(22)23)13(8-11)16(21)19-15-9-2-1-3-10(15)7-12(18)6-9;/h4-5,8-10,12,15H,1-3,6-7,18H2,(H,19,21);1H. The molecule has 0 heterocycles. The summed E-state index contributed by atoms with van der Waals surface area (Å²) in [6, 6.07) is 4.30. The molecule has 0 aliphatic heterocycles. The van der Waals surface area contributed by atoms with E-state index < -0.39 is 10.8 Å². The Kier molecular flexibility index (Phi) is 6.06. The van der Waals surface area contributed by atoms with Gasteiger partial charge in [-0.05, 0) is 49.7 Å². The van der Waals surface area contributed by atoms with Gasteiger partial charge in [0.1, 0.15) is 5.56 Å². The number of carbonyl (C=O) groups is 1. The minimum absolute atomic E-state index is 0. The van der Waals surface area contributed by atoms with Crippen LogP contribution in [0.1, 0.15) is 42.5 Å². The maximum absolute atomic E-state index is 12.6. The minimum Gasteiger partial charge on any atom is -0.349 e. The van der Waals surface area contributed by atoms with E-state index in [0.29, 0.717) is 16.9 Å². The van der Waals surface area contributed by atoms with Crippen molar-refractivity contribution in [3.05, 3.63) is 38.9 Å². The molecule has 0 saturated heterocycles. The lowest BCUT2D eigenvalue weighted by molar-refractivity contribution is -0.385. The van der Waals surface area contributed by atoms with Gasteiger partial charge in [0.05, 0.1) is 4.92 Å². The second-order valence-electron chi connectivity index (χ2n) is 6.60. The zero-order valence-corrected chi connectivity index (χ0v) is 14.7. The Morgan fingerprint density at radius 1 is 1.29 bits per heavy atom. The molecule has 3 N–H and O–H groups in total. The highest BCUT2D eigenvalue weighted by Crippen LogP contribution is 2.40. The summed E-state index contributed by atoms with van der Waals surface area (Å²) in [6.07, 6.45) is 5.06. The van der Waals surface area contributed by atoms with Crippen LogP contribution in [0.4, 0.5) is 5.69 Å². The number of nitrogens with two attached hydrogens (primary N) is 1. The van der Waals surface area contributed by atoms with Gasteiger partial charge in [-0.1, -0.05) is 18.0 Å². The summed E-state index contributed by atoms with van der Waals surface area (Å²) in [5, 5.41) is 14.5. The third-order valence-electron chi connectivity index (χ3n) is 5.07. The van der Waals surface area contributed by atoms with E-state index in [9.17, 15) is 14.9 Å². The summed E-state index contributed by atoms with van der Waals surface area (Å²) in [5.41, 5.74) is 5.90. The van der Waals surface area contributed by atoms with Crippen LogP contribution in [0.15, 0.2) is 18.2 Å². The van der Waals surface area contributed by atoms with Gasteiger partial charge in [0.25, 0.3) is 11.6 Å². The lowest BCUT2D eigenvalue weighted by Crippen LogP contribution is -2.53. The van der Waals surface area contributed by atoms with Gasteiger partial charge in [0.15, 0.2) is 0 Å². The molecule has 2 saturated carbocycles. The molecule has 1 aromatic rings. The SMILES string of the molecule is Cl.NC1CC2CCCC(C1)C2NC(=O)c1cc(Cl)ccc1[N+](=O)[O-]. The Balaban J connectivity index is 0.00000208. The van der Waals surface area contributed by atoms with Gasteiger partial charge >= 0.3 is 0 Å². The summed E-state index contributed by atoms with van der Waals surface area (Å²) >= 11 is 5.90. The molecule has 2 atom stereocenters. The molecule has 0 spiro atoms. The maximum atomic E-state index is 12.6. The van der Waals surface area contributed by atoms with Crippen LogP contribution in [-0.2, 0) is 0 Å². The number of benzene rings is 1. The lowest BCUT2D eigenvalue weighted by Gasteiger charge is -2.45. The van der Waals surface area contributed by atoms with Crippen molar-refractivity contribution in [1.29, 1.82) is 0 Å². The average molecular weight is 374 g/mol. The molecule has 2 fully saturated rings. The first kappa shape index (κ1) is 19.0. The van der Waals surface area contributed by atoms with E-state index in [2.05, 4.69) is 5.32 Å². The Bertz CT molecular complexity index is 627. The zero-order valence-electron chi connectivity index (χ0n) is 13.1. The summed E-state index contributed by atoms with van der Waals surface area (Å²) in [5.74, 6) is 0.302. The Morgan fingerprint density at radius 3 is 2.50 bits per heavy atom. The van der Waals surface area contributed by atoms with Crippen LogP contribution in [0.3, 0.4) is 0 Å². The summed E-state index contributed by atoms with van der Waals surface area (Å²) in [4.78, 5) is 23.2. The Labute approximate surface area is 151 Å². The number of nitro benzene ring substituents is 1. The first-order valence-electron chi connectivity index (χ1n) is 7.96. The molecule has 2 unspecified atom stereocenters. The normalized spacial score (nSPS) is 28.6. The molecule has 2 aliphatic carbocycles. The molecular weight excluding hydrogens is 353 g/mol. The van der Waals surface area contributed by atoms with E-state index in [-0.39, 0.29) is 35.7 Å². The molecule has 6 nitrogen and oxygen atoms in total. The molecule has 8 heteroatoms. The molecule has 3 rings (SSSR count). The molecule has 2 bridgehead atoms. The van der Waals surface area contributed by atoms with Gasteiger partial charge in [-0.2, -0.15) is 0 Å². The van der Waals surface area contributed by atoms with E-state index in [1.807, 2.05) is 0 Å². The third-order valence-corrected chi connectivity index (χ3v) is 5.31. The third kappa shape index (κ3) is 3.82. The number of nitrogens with zero attached hydrogens (tertiary/aromatic N) is 1. The molecule has 1 amide bonds. The average Bonchev–Trinajstić information content (AvgIpc) is 2.47. The van der Waals surface area contributed by atoms with E-state index in [4.69, 9.17) is 17.3 Å². The topological polar surface area (TPSA) is 98.3 Å². The molecular formula is C16H21Cl2N3O3. The van der Waals surface area contributed by atoms with Crippen molar-refractivity contribution in [3.8, 4) is 0 Å². The second kappa shape index (κ2) is 7.68. The fourth-order valence-corrected chi connectivity index (χ4v) is 4.28. The number of halogens is 2. The van der Waals surface area contributed by atoms with Gasteiger partial charge in [-0.25, -0.2) is 0 Å². The van der Waals surface area contributed by atoms with Crippen molar-refractivity contribution in [1.82, 2.24) is 5.32 Å². The monoisotopic (exact) mass is 373 g/mol. The van der Waals surface area contributed by atoms with E-state index in [1.165, 1.54) is 18.2 Å². The van der Waals surface area contributed by atoms with E-state index in [0.717, 1.165) is 32.1 Å². The quantitative estimate of drug-likeness (QED) is 0.626. The highest BCUT2D eigenvalue weighted by atomic mass is 35.5. The second-order valence-corrected chi connectivity index (χ2v) is 7.04. The van der Waals surface area contributed by atoms with Crippen LogP contribution < -0.4 is 11.1 Å². The number of carbonyl (C=O) groups excluding carboxylic acids is 1. The fourth-order valence-electron chi connectivity index (χ4n) is 4.10. The number of hydrogen-bond donors (Lipinski definition) is 2. The smallest absolute Gasteiger partial charge is 0.282 e. The zero-order chi connectivity index (χ0) is 16.6. The van der Waals surface area contributed by atoms with Crippen LogP contribution in [0.5, 0.6) is 0 Å². The molecule has 2 aliphatic rings. The van der Waals surface area contributed by atoms with Crippen molar-refractivity contribution in [2.45, 2.75) is 44.2 Å². The highest BCUT2D eigenvalue weighted by molar-refractivity contribution is 6.31. The largest absolute Gasteiger partial charge is 0.349 e. The van der Waals surface area contributed by atoms with E-state index in [1.54, 1.807) is 0 Å². The minimum atomic E-state index is -0.553. The molecule has 132 valence electrons. The van der Waals surface area contributed by atoms with Gasteiger partial charge in [0.2, 0.25) is 0 Å². The van der Waals surface area contributed by atoms with Crippen LogP contribution in [0.25, 0.3) is 0 Å². The predicted octanol–water partition coefficient (Wildman–Crippen LogP) is 3.31. The Hall–Kier alpha value is -1.37. The lowest BCUT2D eigenvalue weighted by atomic mass is 9.67. The molecule has 0 radical (unpaired) electrons. The number of nitrogens with one attached hydrogen (secondary N) is 1. The fraction of sp³-hybridized carbons (Fsp3) is 0.562. The number of fused-ring (bicyclic) bond motifs is 2. The van der Waals surface area contributed by atoms with Crippen LogP contribution in [-0.4, -0.2) is 22.9 Å². The van der Waals surface area contributed by atoms with Gasteiger partial charge in [0, 0.05) is 23.2 Å². The number of nitro groups is 1. The maximum Gasteiger partial charge on any atom is 0.282 e. The van der Waals surface area contributed by atoms with Gasteiger partial charge in [-0.15, -0.1) is 12.4 Å². The van der Waals surface area contributed by atoms with Gasteiger partial charge in [-0.3, -0.25) is 14.9 Å². The van der Waals surface area contributed by atoms with Crippen molar-refractivity contribution in [2.24, 2.45) is 17.6 Å². The summed E-state index contributed by atoms with van der Waals surface area (Å²) in [6.45, 7) is 0. The number of amides is 1. The van der Waals surface area contributed by atoms with Crippen LogP contribution in [0, 0.1) is 22.0 Å². The molecule has 24 heavy (non-hydrogen) atoms. The summed E-state index contributed by atoms with van der Waals surface area (Å²) in [7, 11) is 0. The van der Waals surface area contributed by atoms with Crippen molar-refractivity contribution in [3.63, 3.8) is 0 Å². The van der Waals surface area contributed by atoms with Gasteiger partial charge < -0.3 is 11.1 Å². The first-order valence-corrected chi connectivity index (χ1v) is 8.34. The predicted molar refractivity (Wildman–Crippen MR) is 94.6 cm³/mol. The number of rotatable bonds is 3. The highest BCUT2D eigenvalue weighted by Gasteiger charge is 2.40. The van der Waals surface area contributed by atoms with Crippen molar-refractivity contribution < 1.29 is 9.72 Å². The molecule has 1 aromatic carbocycles. The first-order chi connectivity index (χ1) is 11.0.